The number of hydrogen-bond acceptors (Lipinski definition) is 4. The molecule has 0 fully saturated rings. The minimum Gasteiger partial charge on any atom is -0.424 e. The van der Waals surface area contributed by atoms with E-state index >= 15 is 0 Å². The molecule has 8 heteroatoms. The van der Waals surface area contributed by atoms with Crippen LogP contribution in [0, 0.1) is 0 Å². The molecule has 22 heavy (non-hydrogen) atoms. The Kier molecular flexibility index (Phi) is 3.50. The van der Waals surface area contributed by atoms with E-state index < -0.39 is 11.9 Å². The normalized spacial score (nSPS) is 11.4. The molecule has 5 nitrogen and oxygen atoms in total. The topological polar surface area (TPSA) is 52.8 Å². The van der Waals surface area contributed by atoms with E-state index in [2.05, 4.69) is 15.1 Å². The first-order valence-electron chi connectivity index (χ1n) is 6.20. The second-order valence-electron chi connectivity index (χ2n) is 4.27. The minimum absolute atomic E-state index is 0.329. The minimum atomic E-state index is -4.54. The summed E-state index contributed by atoms with van der Waals surface area (Å²) in [6, 6.07) is 8.84. The van der Waals surface area contributed by atoms with Crippen molar-refractivity contribution >= 4 is 0 Å². The molecule has 0 atom stereocenters. The van der Waals surface area contributed by atoms with Gasteiger partial charge in [-0.3, -0.25) is 0 Å². The summed E-state index contributed by atoms with van der Waals surface area (Å²) in [6.45, 7) is 0. The Morgan fingerprint density at radius 3 is 2.41 bits per heavy atom. The fraction of sp³-hybridized carbons (Fsp3) is 0.0714. The van der Waals surface area contributed by atoms with Crippen LogP contribution in [0.25, 0.3) is 5.69 Å². The first kappa shape index (κ1) is 14.1. The molecule has 0 saturated heterocycles. The van der Waals surface area contributed by atoms with Gasteiger partial charge in [0.05, 0.1) is 5.69 Å². The van der Waals surface area contributed by atoms with E-state index in [0.29, 0.717) is 5.75 Å². The average Bonchev–Trinajstić information content (AvgIpc) is 3.02. The molecule has 0 saturated carbocycles. The van der Waals surface area contributed by atoms with E-state index in [9.17, 15) is 13.2 Å². The fourth-order valence-electron chi connectivity index (χ4n) is 1.74. The molecular weight excluding hydrogens is 297 g/mol. The maximum atomic E-state index is 12.6. The van der Waals surface area contributed by atoms with E-state index in [0.717, 1.165) is 18.0 Å². The summed E-state index contributed by atoms with van der Waals surface area (Å²) in [5, 5.41) is 4.06. The second kappa shape index (κ2) is 5.47. The van der Waals surface area contributed by atoms with Gasteiger partial charge in [0.25, 0.3) is 0 Å². The molecule has 0 bridgehead atoms. The maximum Gasteiger partial charge on any atom is 0.433 e. The van der Waals surface area contributed by atoms with Crippen molar-refractivity contribution in [2.45, 2.75) is 6.18 Å². The van der Waals surface area contributed by atoms with Crippen molar-refractivity contribution in [1.29, 1.82) is 0 Å². The SMILES string of the molecule is FC(F)(F)c1ccnc(Oc2ccc(-n3cccn3)cc2)n1. The number of hydrogen-bond donors (Lipinski definition) is 0. The molecular formula is C14H9F3N4O. The Morgan fingerprint density at radius 1 is 1.00 bits per heavy atom. The summed E-state index contributed by atoms with van der Waals surface area (Å²) in [7, 11) is 0. The molecule has 0 aliphatic heterocycles. The van der Waals surface area contributed by atoms with Gasteiger partial charge in [0.15, 0.2) is 5.69 Å². The third-order valence-electron chi connectivity index (χ3n) is 2.74. The summed E-state index contributed by atoms with van der Waals surface area (Å²) < 4.78 is 44.6. The van der Waals surface area contributed by atoms with Gasteiger partial charge in [0.2, 0.25) is 0 Å². The summed E-state index contributed by atoms with van der Waals surface area (Å²) >= 11 is 0. The zero-order chi connectivity index (χ0) is 15.6. The first-order valence-corrected chi connectivity index (χ1v) is 6.20. The molecule has 0 aliphatic rings. The Hall–Kier alpha value is -2.90. The molecule has 0 spiro atoms. The number of alkyl halides is 3. The monoisotopic (exact) mass is 306 g/mol. The van der Waals surface area contributed by atoms with Crippen molar-refractivity contribution in [2.24, 2.45) is 0 Å². The van der Waals surface area contributed by atoms with E-state index in [1.165, 1.54) is 0 Å². The molecule has 0 N–H and O–H groups in total. The van der Waals surface area contributed by atoms with Gasteiger partial charge in [-0.2, -0.15) is 23.3 Å². The lowest BCUT2D eigenvalue weighted by Crippen LogP contribution is -2.08. The highest BCUT2D eigenvalue weighted by Crippen LogP contribution is 2.29. The molecule has 3 aromatic rings. The molecule has 0 amide bonds. The second-order valence-corrected chi connectivity index (χ2v) is 4.27. The quantitative estimate of drug-likeness (QED) is 0.743. The number of nitrogens with zero attached hydrogens (tertiary/aromatic N) is 4. The maximum absolute atomic E-state index is 12.6. The molecule has 0 aliphatic carbocycles. The zero-order valence-electron chi connectivity index (χ0n) is 11.0. The predicted octanol–water partition coefficient (Wildman–Crippen LogP) is 3.47. The van der Waals surface area contributed by atoms with Gasteiger partial charge in [0.1, 0.15) is 5.75 Å². The number of halogens is 3. The number of rotatable bonds is 3. The van der Waals surface area contributed by atoms with Crippen molar-refractivity contribution in [1.82, 2.24) is 19.7 Å². The average molecular weight is 306 g/mol. The van der Waals surface area contributed by atoms with Crippen LogP contribution in [0.15, 0.2) is 55.0 Å². The predicted molar refractivity (Wildman–Crippen MR) is 70.7 cm³/mol. The van der Waals surface area contributed by atoms with Crippen LogP contribution in [0.5, 0.6) is 11.8 Å². The van der Waals surface area contributed by atoms with Crippen LogP contribution in [0.3, 0.4) is 0 Å². The van der Waals surface area contributed by atoms with Gasteiger partial charge in [-0.15, -0.1) is 0 Å². The molecule has 0 radical (unpaired) electrons. The van der Waals surface area contributed by atoms with Gasteiger partial charge in [0, 0.05) is 18.6 Å². The lowest BCUT2D eigenvalue weighted by molar-refractivity contribution is -0.141. The molecule has 1 aromatic carbocycles. The van der Waals surface area contributed by atoms with Crippen LogP contribution in [0.1, 0.15) is 5.69 Å². The summed E-state index contributed by atoms with van der Waals surface area (Å²) in [5.41, 5.74) is -0.257. The number of aromatic nitrogens is 4. The summed E-state index contributed by atoms with van der Waals surface area (Å²) in [4.78, 5) is 7.01. The van der Waals surface area contributed by atoms with E-state index in [4.69, 9.17) is 4.74 Å². The third kappa shape index (κ3) is 3.05. The first-order chi connectivity index (χ1) is 10.5. The van der Waals surface area contributed by atoms with Crippen LogP contribution in [-0.4, -0.2) is 19.7 Å². The number of benzene rings is 1. The van der Waals surface area contributed by atoms with Gasteiger partial charge in [-0.25, -0.2) is 9.67 Å². The Bertz CT molecular complexity index is 755. The Labute approximate surface area is 123 Å². The van der Waals surface area contributed by atoms with E-state index in [1.54, 1.807) is 47.4 Å². The molecule has 2 heterocycles. The van der Waals surface area contributed by atoms with Crippen molar-refractivity contribution in [3.63, 3.8) is 0 Å². The smallest absolute Gasteiger partial charge is 0.424 e. The molecule has 3 rings (SSSR count). The largest absolute Gasteiger partial charge is 0.433 e. The van der Waals surface area contributed by atoms with E-state index in [1.807, 2.05) is 0 Å². The lowest BCUT2D eigenvalue weighted by atomic mass is 10.3. The standard InChI is InChI=1S/C14H9F3N4O/c15-14(16,17)12-6-8-18-13(20-12)22-11-4-2-10(3-5-11)21-9-1-7-19-21/h1-9H. The van der Waals surface area contributed by atoms with Gasteiger partial charge >= 0.3 is 12.2 Å². The molecule has 112 valence electrons. The van der Waals surface area contributed by atoms with Crippen molar-refractivity contribution in [3.05, 3.63) is 60.7 Å². The van der Waals surface area contributed by atoms with Crippen molar-refractivity contribution < 1.29 is 17.9 Å². The zero-order valence-corrected chi connectivity index (χ0v) is 11.0. The summed E-state index contributed by atoms with van der Waals surface area (Å²) in [5.74, 6) is 0.329. The van der Waals surface area contributed by atoms with Gasteiger partial charge in [-0.05, 0) is 36.4 Å². The summed E-state index contributed by atoms with van der Waals surface area (Å²) in [6.07, 6.45) is -0.124. The molecule has 2 aromatic heterocycles. The van der Waals surface area contributed by atoms with Crippen molar-refractivity contribution in [2.75, 3.05) is 0 Å². The highest BCUT2D eigenvalue weighted by Gasteiger charge is 2.33. The van der Waals surface area contributed by atoms with E-state index in [-0.39, 0.29) is 6.01 Å². The van der Waals surface area contributed by atoms with Crippen molar-refractivity contribution in [3.8, 4) is 17.4 Å². The Balaban J connectivity index is 1.79. The molecule has 0 unspecified atom stereocenters. The van der Waals surface area contributed by atoms with Crippen LogP contribution >= 0.6 is 0 Å². The Morgan fingerprint density at radius 2 is 1.77 bits per heavy atom. The highest BCUT2D eigenvalue weighted by atomic mass is 19.4. The third-order valence-corrected chi connectivity index (χ3v) is 2.74. The number of ether oxygens (including phenoxy) is 1. The van der Waals surface area contributed by atoms with Crippen LogP contribution in [0.2, 0.25) is 0 Å². The lowest BCUT2D eigenvalue weighted by Gasteiger charge is -2.08. The van der Waals surface area contributed by atoms with Crippen LogP contribution in [0.4, 0.5) is 13.2 Å². The van der Waals surface area contributed by atoms with Crippen LogP contribution in [-0.2, 0) is 6.18 Å². The van der Waals surface area contributed by atoms with Gasteiger partial charge < -0.3 is 4.74 Å². The van der Waals surface area contributed by atoms with Gasteiger partial charge in [-0.1, -0.05) is 0 Å². The van der Waals surface area contributed by atoms with Crippen LogP contribution < -0.4 is 4.74 Å². The highest BCUT2D eigenvalue weighted by molar-refractivity contribution is 5.37. The fourth-order valence-corrected chi connectivity index (χ4v) is 1.74.